The maximum absolute atomic E-state index is 10.7. The molecule has 4 nitrogen and oxygen atoms in total. The van der Waals surface area contributed by atoms with Gasteiger partial charge in [0.1, 0.15) is 11.5 Å². The van der Waals surface area contributed by atoms with Crippen molar-refractivity contribution in [3.63, 3.8) is 0 Å². The van der Waals surface area contributed by atoms with E-state index >= 15 is 0 Å². The maximum atomic E-state index is 10.7. The molecule has 1 aromatic rings. The molecule has 0 bridgehead atoms. The van der Waals surface area contributed by atoms with Gasteiger partial charge >= 0.3 is 0 Å². The van der Waals surface area contributed by atoms with E-state index in [2.05, 4.69) is 9.97 Å². The molecule has 1 aromatic heterocycles. The molecule has 1 amide bonds. The van der Waals surface area contributed by atoms with Crippen LogP contribution < -0.4 is 5.73 Å². The standard InChI is InChI=1S/C8H11N3O/c1-2-3-7-10-5-4-6(11-7)8(9)12/h4-5H,2-3H2,1H3,(H2,9,12). The summed E-state index contributed by atoms with van der Waals surface area (Å²) in [5, 5.41) is 0. The summed E-state index contributed by atoms with van der Waals surface area (Å²) in [5.74, 6) is 0.170. The van der Waals surface area contributed by atoms with Crippen molar-refractivity contribution in [3.8, 4) is 0 Å². The van der Waals surface area contributed by atoms with Crippen molar-refractivity contribution in [1.29, 1.82) is 0 Å². The first-order valence-corrected chi connectivity index (χ1v) is 3.85. The number of carbonyl (C=O) groups is 1. The average molecular weight is 165 g/mol. The van der Waals surface area contributed by atoms with E-state index in [1.807, 2.05) is 6.92 Å². The van der Waals surface area contributed by atoms with Crippen molar-refractivity contribution in [2.45, 2.75) is 19.8 Å². The van der Waals surface area contributed by atoms with Gasteiger partial charge in [0.25, 0.3) is 5.91 Å². The first-order valence-electron chi connectivity index (χ1n) is 3.85. The third-order valence-corrected chi connectivity index (χ3v) is 1.43. The molecule has 1 rings (SSSR count). The molecule has 0 aromatic carbocycles. The predicted octanol–water partition coefficient (Wildman–Crippen LogP) is 0.528. The third kappa shape index (κ3) is 2.02. The Morgan fingerprint density at radius 2 is 2.42 bits per heavy atom. The van der Waals surface area contributed by atoms with E-state index in [4.69, 9.17) is 5.73 Å². The number of nitrogens with zero attached hydrogens (tertiary/aromatic N) is 2. The number of rotatable bonds is 3. The van der Waals surface area contributed by atoms with Crippen LogP contribution in [0.15, 0.2) is 12.3 Å². The summed E-state index contributed by atoms with van der Waals surface area (Å²) in [7, 11) is 0. The van der Waals surface area contributed by atoms with Crippen molar-refractivity contribution >= 4 is 5.91 Å². The molecule has 0 aliphatic rings. The summed E-state index contributed by atoms with van der Waals surface area (Å²) in [6.07, 6.45) is 3.29. The lowest BCUT2D eigenvalue weighted by atomic mass is 10.3. The highest BCUT2D eigenvalue weighted by molar-refractivity contribution is 5.90. The van der Waals surface area contributed by atoms with Gasteiger partial charge in [-0.1, -0.05) is 6.92 Å². The number of primary amides is 1. The van der Waals surface area contributed by atoms with E-state index in [1.165, 1.54) is 6.07 Å². The highest BCUT2D eigenvalue weighted by Gasteiger charge is 2.02. The molecule has 0 saturated carbocycles. The zero-order valence-electron chi connectivity index (χ0n) is 6.95. The molecule has 0 saturated heterocycles. The van der Waals surface area contributed by atoms with Crippen molar-refractivity contribution in [2.24, 2.45) is 5.73 Å². The highest BCUT2D eigenvalue weighted by Crippen LogP contribution is 1.97. The third-order valence-electron chi connectivity index (χ3n) is 1.43. The summed E-state index contributed by atoms with van der Waals surface area (Å²) < 4.78 is 0. The minimum atomic E-state index is -0.505. The van der Waals surface area contributed by atoms with Crippen LogP contribution in [-0.2, 0) is 6.42 Å². The second-order valence-corrected chi connectivity index (χ2v) is 2.47. The SMILES string of the molecule is CCCc1nccc(C(N)=O)n1. The number of nitrogens with two attached hydrogens (primary N) is 1. The lowest BCUT2D eigenvalue weighted by molar-refractivity contribution is 0.0995. The van der Waals surface area contributed by atoms with Gasteiger partial charge in [-0.2, -0.15) is 0 Å². The number of carbonyl (C=O) groups excluding carboxylic acids is 1. The summed E-state index contributed by atoms with van der Waals surface area (Å²) in [4.78, 5) is 18.7. The largest absolute Gasteiger partial charge is 0.364 e. The van der Waals surface area contributed by atoms with Gasteiger partial charge in [-0.3, -0.25) is 4.79 Å². The molecule has 0 unspecified atom stereocenters. The number of amides is 1. The van der Waals surface area contributed by atoms with Crippen LogP contribution >= 0.6 is 0 Å². The lowest BCUT2D eigenvalue weighted by Crippen LogP contribution is -2.14. The fourth-order valence-corrected chi connectivity index (χ4v) is 0.880. The number of aromatic nitrogens is 2. The topological polar surface area (TPSA) is 68.9 Å². The molecule has 0 aliphatic carbocycles. The molecular formula is C8H11N3O. The van der Waals surface area contributed by atoms with Crippen molar-refractivity contribution in [2.75, 3.05) is 0 Å². The molecule has 2 N–H and O–H groups in total. The van der Waals surface area contributed by atoms with Crippen LogP contribution in [0.2, 0.25) is 0 Å². The molecule has 0 fully saturated rings. The predicted molar refractivity (Wildman–Crippen MR) is 44.5 cm³/mol. The van der Waals surface area contributed by atoms with Gasteiger partial charge in [0.15, 0.2) is 0 Å². The minimum absolute atomic E-state index is 0.286. The summed E-state index contributed by atoms with van der Waals surface area (Å²) in [6, 6.07) is 1.52. The minimum Gasteiger partial charge on any atom is -0.364 e. The Labute approximate surface area is 70.8 Å². The number of hydrogen-bond acceptors (Lipinski definition) is 3. The average Bonchev–Trinajstić information content (AvgIpc) is 2.05. The van der Waals surface area contributed by atoms with Crippen LogP contribution in [0.1, 0.15) is 29.7 Å². The molecule has 0 radical (unpaired) electrons. The van der Waals surface area contributed by atoms with Crippen LogP contribution in [0.3, 0.4) is 0 Å². The Morgan fingerprint density at radius 3 is 3.00 bits per heavy atom. The van der Waals surface area contributed by atoms with Gasteiger partial charge in [0.05, 0.1) is 0 Å². The molecule has 12 heavy (non-hydrogen) atoms. The molecule has 1 heterocycles. The van der Waals surface area contributed by atoms with Crippen LogP contribution in [0.25, 0.3) is 0 Å². The van der Waals surface area contributed by atoms with Gasteiger partial charge in [0.2, 0.25) is 0 Å². The van der Waals surface area contributed by atoms with Gasteiger partial charge < -0.3 is 5.73 Å². The van der Waals surface area contributed by atoms with Crippen LogP contribution in [0.4, 0.5) is 0 Å². The van der Waals surface area contributed by atoms with E-state index in [9.17, 15) is 4.79 Å². The van der Waals surface area contributed by atoms with Crippen LogP contribution in [-0.4, -0.2) is 15.9 Å². The monoisotopic (exact) mass is 165 g/mol. The van der Waals surface area contributed by atoms with Crippen LogP contribution in [0, 0.1) is 0 Å². The molecule has 64 valence electrons. The van der Waals surface area contributed by atoms with Gasteiger partial charge in [-0.15, -0.1) is 0 Å². The second kappa shape index (κ2) is 3.80. The molecule has 0 spiro atoms. The quantitative estimate of drug-likeness (QED) is 0.710. The molecule has 4 heteroatoms. The summed E-state index contributed by atoms with van der Waals surface area (Å²) >= 11 is 0. The normalized spacial score (nSPS) is 9.75. The van der Waals surface area contributed by atoms with Crippen molar-refractivity contribution in [1.82, 2.24) is 9.97 Å². The first kappa shape index (κ1) is 8.64. The molecular weight excluding hydrogens is 154 g/mol. The van der Waals surface area contributed by atoms with E-state index in [-0.39, 0.29) is 5.69 Å². The second-order valence-electron chi connectivity index (χ2n) is 2.47. The van der Waals surface area contributed by atoms with E-state index in [0.29, 0.717) is 5.82 Å². The number of hydrogen-bond donors (Lipinski definition) is 1. The van der Waals surface area contributed by atoms with Crippen LogP contribution in [0.5, 0.6) is 0 Å². The van der Waals surface area contributed by atoms with E-state index in [1.54, 1.807) is 6.20 Å². The van der Waals surface area contributed by atoms with E-state index in [0.717, 1.165) is 12.8 Å². The lowest BCUT2D eigenvalue weighted by Gasteiger charge is -1.97. The summed E-state index contributed by atoms with van der Waals surface area (Å²) in [5.41, 5.74) is 5.34. The zero-order valence-corrected chi connectivity index (χ0v) is 6.95. The van der Waals surface area contributed by atoms with Crippen molar-refractivity contribution in [3.05, 3.63) is 23.8 Å². The Morgan fingerprint density at radius 1 is 1.67 bits per heavy atom. The van der Waals surface area contributed by atoms with E-state index < -0.39 is 5.91 Å². The molecule has 0 atom stereocenters. The Hall–Kier alpha value is -1.45. The fraction of sp³-hybridized carbons (Fsp3) is 0.375. The Bertz CT molecular complexity index is 285. The van der Waals surface area contributed by atoms with Crippen molar-refractivity contribution < 1.29 is 4.79 Å². The Kier molecular flexibility index (Phi) is 2.74. The van der Waals surface area contributed by atoms with Gasteiger partial charge in [-0.25, -0.2) is 9.97 Å². The smallest absolute Gasteiger partial charge is 0.267 e. The van der Waals surface area contributed by atoms with Gasteiger partial charge in [-0.05, 0) is 12.5 Å². The summed E-state index contributed by atoms with van der Waals surface area (Å²) in [6.45, 7) is 2.03. The zero-order chi connectivity index (χ0) is 8.97. The first-order chi connectivity index (χ1) is 5.74. The fourth-order valence-electron chi connectivity index (χ4n) is 0.880. The van der Waals surface area contributed by atoms with Gasteiger partial charge in [0, 0.05) is 12.6 Å². The molecule has 0 aliphatic heterocycles. The maximum Gasteiger partial charge on any atom is 0.267 e. The number of aryl methyl sites for hydroxylation is 1. The highest BCUT2D eigenvalue weighted by atomic mass is 16.1. The Balaban J connectivity index is 2.88.